The van der Waals surface area contributed by atoms with Crippen molar-refractivity contribution in [3.05, 3.63) is 88.5 Å². The molecule has 158 valence electrons. The van der Waals surface area contributed by atoms with Gasteiger partial charge in [-0.1, -0.05) is 63.2 Å². The van der Waals surface area contributed by atoms with Crippen molar-refractivity contribution in [1.82, 2.24) is 19.3 Å². The molecule has 0 saturated heterocycles. The van der Waals surface area contributed by atoms with Gasteiger partial charge in [-0.3, -0.25) is 14.2 Å². The number of nitrogens with zero attached hydrogens (tertiary/aromatic N) is 4. The summed E-state index contributed by atoms with van der Waals surface area (Å²) in [5, 5.41) is 7.67. The maximum absolute atomic E-state index is 12.9. The van der Waals surface area contributed by atoms with Crippen LogP contribution in [0.1, 0.15) is 32.0 Å². The van der Waals surface area contributed by atoms with Gasteiger partial charge in [0, 0.05) is 11.5 Å². The minimum Gasteiger partial charge on any atom is -0.309 e. The summed E-state index contributed by atoms with van der Waals surface area (Å²) in [5.74, 6) is 0.304. The zero-order valence-corrected chi connectivity index (χ0v) is 17.9. The molecule has 0 fully saturated rings. The second kappa shape index (κ2) is 8.18. The summed E-state index contributed by atoms with van der Waals surface area (Å²) in [4.78, 5) is 29.4. The van der Waals surface area contributed by atoms with E-state index < -0.39 is 0 Å². The van der Waals surface area contributed by atoms with Crippen molar-refractivity contribution in [3.8, 4) is 0 Å². The molecule has 0 spiro atoms. The predicted octanol–water partition coefficient (Wildman–Crippen LogP) is 3.58. The van der Waals surface area contributed by atoms with E-state index in [1.807, 2.05) is 54.6 Å². The first-order valence-electron chi connectivity index (χ1n) is 10.2. The van der Waals surface area contributed by atoms with Gasteiger partial charge < -0.3 is 5.32 Å². The van der Waals surface area contributed by atoms with Crippen LogP contribution >= 0.6 is 0 Å². The second-order valence-electron chi connectivity index (χ2n) is 8.53. The molecule has 2 aromatic heterocycles. The van der Waals surface area contributed by atoms with Crippen LogP contribution in [0.15, 0.2) is 71.7 Å². The Morgan fingerprint density at radius 3 is 2.48 bits per heavy atom. The molecule has 0 bridgehead atoms. The quantitative estimate of drug-likeness (QED) is 0.540. The summed E-state index contributed by atoms with van der Waals surface area (Å²) in [7, 11) is 0. The summed E-state index contributed by atoms with van der Waals surface area (Å²) in [6.45, 7) is 6.66. The van der Waals surface area contributed by atoms with Crippen LogP contribution in [0.5, 0.6) is 0 Å². The van der Waals surface area contributed by atoms with Crippen LogP contribution in [0.25, 0.3) is 11.0 Å². The van der Waals surface area contributed by atoms with Crippen molar-refractivity contribution >= 4 is 22.8 Å². The van der Waals surface area contributed by atoms with E-state index in [1.165, 1.54) is 10.8 Å². The Bertz CT molecular complexity index is 1280. The second-order valence-corrected chi connectivity index (χ2v) is 8.53. The number of hydrogen-bond donors (Lipinski definition) is 1. The van der Waals surface area contributed by atoms with Gasteiger partial charge in [0.05, 0.1) is 29.5 Å². The van der Waals surface area contributed by atoms with E-state index in [4.69, 9.17) is 5.10 Å². The van der Waals surface area contributed by atoms with E-state index in [-0.39, 0.29) is 23.4 Å². The number of hydrogen-bond acceptors (Lipinski definition) is 4. The fraction of sp³-hybridized carbons (Fsp3) is 0.250. The lowest BCUT2D eigenvalue weighted by molar-refractivity contribution is -0.116. The number of nitrogens with one attached hydrogen (secondary N) is 1. The number of carbonyl (C=O) groups is 1. The van der Waals surface area contributed by atoms with Crippen molar-refractivity contribution in [1.29, 1.82) is 0 Å². The Morgan fingerprint density at radius 2 is 1.74 bits per heavy atom. The zero-order chi connectivity index (χ0) is 22.0. The molecule has 1 N–H and O–H groups in total. The molecule has 2 aromatic carbocycles. The highest BCUT2D eigenvalue weighted by atomic mass is 16.2. The maximum Gasteiger partial charge on any atom is 0.269 e. The Labute approximate surface area is 180 Å². The van der Waals surface area contributed by atoms with Gasteiger partial charge in [-0.2, -0.15) is 5.10 Å². The monoisotopic (exact) mass is 415 g/mol. The first-order chi connectivity index (χ1) is 14.8. The maximum atomic E-state index is 12.9. The number of aromatic nitrogens is 4. The molecule has 1 amide bonds. The molecule has 0 unspecified atom stereocenters. The van der Waals surface area contributed by atoms with Crippen molar-refractivity contribution in [2.24, 2.45) is 0 Å². The van der Waals surface area contributed by atoms with Crippen LogP contribution in [0, 0.1) is 0 Å². The minimum atomic E-state index is -0.318. The predicted molar refractivity (Wildman–Crippen MR) is 121 cm³/mol. The molecular formula is C24H25N5O2. The molecule has 7 nitrogen and oxygen atoms in total. The topological polar surface area (TPSA) is 81.8 Å². The van der Waals surface area contributed by atoms with Crippen LogP contribution in [-0.2, 0) is 23.3 Å². The van der Waals surface area contributed by atoms with E-state index >= 15 is 0 Å². The van der Waals surface area contributed by atoms with Crippen LogP contribution in [0.2, 0.25) is 0 Å². The first kappa shape index (κ1) is 20.5. The van der Waals surface area contributed by atoms with E-state index in [9.17, 15) is 9.59 Å². The lowest BCUT2D eigenvalue weighted by Gasteiger charge is -2.14. The molecule has 0 aliphatic rings. The summed E-state index contributed by atoms with van der Waals surface area (Å²) >= 11 is 0. The Kier molecular flexibility index (Phi) is 5.42. The smallest absolute Gasteiger partial charge is 0.269 e. The molecule has 0 aliphatic carbocycles. The molecule has 0 aliphatic heterocycles. The average Bonchev–Trinajstić information content (AvgIpc) is 3.13. The number of para-hydroxylation sites is 2. The third-order valence-corrected chi connectivity index (χ3v) is 5.05. The highest BCUT2D eigenvalue weighted by Gasteiger charge is 2.21. The van der Waals surface area contributed by atoms with Crippen LogP contribution in [-0.4, -0.2) is 25.2 Å². The van der Waals surface area contributed by atoms with Gasteiger partial charge in [-0.25, -0.2) is 9.67 Å². The number of anilines is 1. The van der Waals surface area contributed by atoms with Crippen LogP contribution < -0.4 is 10.9 Å². The highest BCUT2D eigenvalue weighted by molar-refractivity contribution is 5.90. The molecule has 31 heavy (non-hydrogen) atoms. The molecular weight excluding hydrogens is 390 g/mol. The Hall–Kier alpha value is -3.74. The van der Waals surface area contributed by atoms with Crippen LogP contribution in [0.4, 0.5) is 5.82 Å². The lowest BCUT2D eigenvalue weighted by Crippen LogP contribution is -2.28. The van der Waals surface area contributed by atoms with Gasteiger partial charge in [0.25, 0.3) is 5.56 Å². The van der Waals surface area contributed by atoms with Gasteiger partial charge in [-0.05, 0) is 17.7 Å². The normalized spacial score (nSPS) is 11.6. The van der Waals surface area contributed by atoms with Gasteiger partial charge in [0.15, 0.2) is 0 Å². The van der Waals surface area contributed by atoms with E-state index in [1.54, 1.807) is 10.7 Å². The van der Waals surface area contributed by atoms with E-state index in [0.717, 1.165) is 11.3 Å². The number of amides is 1. The molecule has 0 radical (unpaired) electrons. The summed E-state index contributed by atoms with van der Waals surface area (Å²) < 4.78 is 3.22. The summed E-state index contributed by atoms with van der Waals surface area (Å²) in [6.07, 6.45) is 1.24. The summed E-state index contributed by atoms with van der Waals surface area (Å²) in [6, 6.07) is 19.1. The molecule has 4 aromatic rings. The van der Waals surface area contributed by atoms with Crippen molar-refractivity contribution in [2.45, 2.75) is 39.3 Å². The van der Waals surface area contributed by atoms with Crippen LogP contribution in [0.3, 0.4) is 0 Å². The van der Waals surface area contributed by atoms with Gasteiger partial charge >= 0.3 is 0 Å². The van der Waals surface area contributed by atoms with Gasteiger partial charge in [0.1, 0.15) is 12.4 Å². The van der Waals surface area contributed by atoms with Gasteiger partial charge in [0.2, 0.25) is 5.91 Å². The number of carbonyl (C=O) groups excluding carboxylic acids is 1. The van der Waals surface area contributed by atoms with Crippen molar-refractivity contribution in [3.63, 3.8) is 0 Å². The molecule has 4 rings (SSSR count). The summed E-state index contributed by atoms with van der Waals surface area (Å²) in [5.41, 5.74) is 2.77. The van der Waals surface area contributed by atoms with Gasteiger partial charge in [-0.15, -0.1) is 0 Å². The number of rotatable bonds is 5. The largest absolute Gasteiger partial charge is 0.309 e. The fourth-order valence-electron chi connectivity index (χ4n) is 3.36. The Balaban J connectivity index is 1.63. The van der Waals surface area contributed by atoms with E-state index in [2.05, 4.69) is 31.1 Å². The third-order valence-electron chi connectivity index (χ3n) is 5.05. The van der Waals surface area contributed by atoms with Crippen molar-refractivity contribution in [2.75, 3.05) is 5.32 Å². The SMILES string of the molecule is CC(C)(C)c1cc(NC(=O)Cn2c(=O)cnc3ccccc32)n(Cc2ccccc2)n1. The van der Waals surface area contributed by atoms with Crippen molar-refractivity contribution < 1.29 is 4.79 Å². The Morgan fingerprint density at radius 1 is 1.03 bits per heavy atom. The van der Waals surface area contributed by atoms with E-state index in [0.29, 0.717) is 23.4 Å². The zero-order valence-electron chi connectivity index (χ0n) is 17.9. The lowest BCUT2D eigenvalue weighted by atomic mass is 9.92. The third kappa shape index (κ3) is 4.55. The average molecular weight is 415 g/mol. The standard InChI is InChI=1S/C24H25N5O2/c1-24(2,3)20-13-21(29(27-20)15-17-9-5-4-6-10-17)26-22(30)16-28-19-12-8-7-11-18(19)25-14-23(28)31/h4-14H,15-16H2,1-3H3,(H,26,30). The molecule has 2 heterocycles. The number of benzene rings is 2. The fourth-order valence-corrected chi connectivity index (χ4v) is 3.36. The number of fused-ring (bicyclic) bond motifs is 1. The minimum absolute atomic E-state index is 0.108. The molecule has 7 heteroatoms. The molecule has 0 saturated carbocycles. The first-order valence-corrected chi connectivity index (χ1v) is 10.2. The highest BCUT2D eigenvalue weighted by Crippen LogP contribution is 2.24. The molecule has 0 atom stereocenters.